The second-order valence-electron chi connectivity index (χ2n) is 4.03. The number of nitrogens with two attached hydrogens (primary N) is 1. The Morgan fingerprint density at radius 2 is 2.35 bits per heavy atom. The van der Waals surface area contributed by atoms with Crippen molar-refractivity contribution in [1.29, 1.82) is 0 Å². The monoisotopic (exact) mass is 258 g/mol. The molecule has 1 aliphatic rings. The molecule has 1 aromatic rings. The Labute approximate surface area is 99.0 Å². The first-order chi connectivity index (χ1) is 8.01. The first-order valence-electron chi connectivity index (χ1n) is 5.30. The van der Waals surface area contributed by atoms with Gasteiger partial charge in [-0.2, -0.15) is 9.40 Å². The van der Waals surface area contributed by atoms with Gasteiger partial charge in [-0.15, -0.1) is 0 Å². The highest BCUT2D eigenvalue weighted by Gasteiger charge is 2.32. The fourth-order valence-electron chi connectivity index (χ4n) is 1.92. The summed E-state index contributed by atoms with van der Waals surface area (Å²) in [5, 5.41) is 6.08. The van der Waals surface area contributed by atoms with E-state index in [1.807, 2.05) is 0 Å². The third-order valence-corrected chi connectivity index (χ3v) is 4.67. The first kappa shape index (κ1) is 12.1. The molecule has 8 heteroatoms. The summed E-state index contributed by atoms with van der Waals surface area (Å²) in [7, 11) is -3.58. The fourth-order valence-corrected chi connectivity index (χ4v) is 3.34. The lowest BCUT2D eigenvalue weighted by atomic mass is 9.99. The number of nitrogens with zero attached hydrogens (tertiary/aromatic N) is 2. The summed E-state index contributed by atoms with van der Waals surface area (Å²) in [5.41, 5.74) is 5.21. The lowest BCUT2D eigenvalue weighted by Crippen LogP contribution is -2.44. The molecule has 1 unspecified atom stereocenters. The summed E-state index contributed by atoms with van der Waals surface area (Å²) in [6, 6.07) is 1.39. The van der Waals surface area contributed by atoms with Crippen LogP contribution < -0.4 is 5.73 Å². The van der Waals surface area contributed by atoms with Crippen LogP contribution in [0.25, 0.3) is 0 Å². The number of H-pyrrole nitrogens is 1. The second kappa shape index (κ2) is 4.46. The molecule has 94 valence electrons. The van der Waals surface area contributed by atoms with Gasteiger partial charge in [0.15, 0.2) is 5.03 Å². The van der Waals surface area contributed by atoms with Crippen molar-refractivity contribution in [2.75, 3.05) is 13.1 Å². The summed E-state index contributed by atoms with van der Waals surface area (Å²) >= 11 is 0. The van der Waals surface area contributed by atoms with E-state index in [1.165, 1.54) is 16.6 Å². The van der Waals surface area contributed by atoms with E-state index in [2.05, 4.69) is 10.2 Å². The van der Waals surface area contributed by atoms with Crippen LogP contribution in [0.2, 0.25) is 0 Å². The number of carbonyl (C=O) groups is 1. The van der Waals surface area contributed by atoms with E-state index in [4.69, 9.17) is 5.73 Å². The Morgan fingerprint density at radius 1 is 1.59 bits per heavy atom. The number of aromatic amines is 1. The van der Waals surface area contributed by atoms with E-state index < -0.39 is 21.8 Å². The first-order valence-corrected chi connectivity index (χ1v) is 6.74. The summed E-state index contributed by atoms with van der Waals surface area (Å²) < 4.78 is 25.5. The largest absolute Gasteiger partial charge is 0.369 e. The Morgan fingerprint density at radius 3 is 2.94 bits per heavy atom. The topological polar surface area (TPSA) is 109 Å². The van der Waals surface area contributed by atoms with Crippen LogP contribution in [0.5, 0.6) is 0 Å². The number of primary amides is 1. The van der Waals surface area contributed by atoms with E-state index in [0.29, 0.717) is 19.4 Å². The van der Waals surface area contributed by atoms with Gasteiger partial charge in [0.1, 0.15) is 0 Å². The van der Waals surface area contributed by atoms with Crippen molar-refractivity contribution in [2.24, 2.45) is 11.7 Å². The van der Waals surface area contributed by atoms with Gasteiger partial charge >= 0.3 is 0 Å². The minimum Gasteiger partial charge on any atom is -0.369 e. The quantitative estimate of drug-likeness (QED) is 0.746. The predicted octanol–water partition coefficient (Wildman–Crippen LogP) is -0.704. The number of amides is 1. The molecule has 0 spiro atoms. The van der Waals surface area contributed by atoms with E-state index in [0.717, 1.165) is 0 Å². The number of aromatic nitrogens is 2. The van der Waals surface area contributed by atoms with Gasteiger partial charge in [-0.05, 0) is 18.9 Å². The lowest BCUT2D eigenvalue weighted by molar-refractivity contribution is -0.122. The van der Waals surface area contributed by atoms with Crippen molar-refractivity contribution in [1.82, 2.24) is 14.5 Å². The molecular weight excluding hydrogens is 244 g/mol. The molecule has 1 atom stereocenters. The molecule has 1 aliphatic heterocycles. The average molecular weight is 258 g/mol. The van der Waals surface area contributed by atoms with Gasteiger partial charge in [0.25, 0.3) is 10.0 Å². The van der Waals surface area contributed by atoms with Crippen LogP contribution in [0, 0.1) is 5.92 Å². The molecule has 0 saturated carbocycles. The smallest absolute Gasteiger partial charge is 0.259 e. The van der Waals surface area contributed by atoms with E-state index in [1.54, 1.807) is 0 Å². The molecule has 1 saturated heterocycles. The maximum atomic E-state index is 12.1. The Kier molecular flexibility index (Phi) is 3.16. The number of hydrogen-bond donors (Lipinski definition) is 2. The Balaban J connectivity index is 2.20. The summed E-state index contributed by atoms with van der Waals surface area (Å²) in [4.78, 5) is 11.1. The van der Waals surface area contributed by atoms with Crippen LogP contribution in [0.3, 0.4) is 0 Å². The standard InChI is InChI=1S/C9H14N4O3S/c10-9(14)7-2-1-5-13(6-7)17(15,16)8-3-4-11-12-8/h3-4,7H,1-2,5-6H2,(H2,10,14)(H,11,12). The highest BCUT2D eigenvalue weighted by molar-refractivity contribution is 7.89. The van der Waals surface area contributed by atoms with Crippen LogP contribution in [-0.2, 0) is 14.8 Å². The zero-order valence-electron chi connectivity index (χ0n) is 9.17. The average Bonchev–Trinajstić information content (AvgIpc) is 2.83. The normalized spacial score (nSPS) is 22.5. The molecule has 0 bridgehead atoms. The molecule has 0 aliphatic carbocycles. The van der Waals surface area contributed by atoms with Crippen LogP contribution >= 0.6 is 0 Å². The number of piperidine rings is 1. The predicted molar refractivity (Wildman–Crippen MR) is 59.3 cm³/mol. The fraction of sp³-hybridized carbons (Fsp3) is 0.556. The van der Waals surface area contributed by atoms with Gasteiger partial charge < -0.3 is 5.73 Å². The number of hydrogen-bond acceptors (Lipinski definition) is 4. The molecule has 17 heavy (non-hydrogen) atoms. The SMILES string of the molecule is NC(=O)C1CCCN(S(=O)(=O)c2ccn[nH]2)C1. The van der Waals surface area contributed by atoms with Crippen LogP contribution in [0.4, 0.5) is 0 Å². The van der Waals surface area contributed by atoms with Crippen LogP contribution in [-0.4, -0.2) is 41.9 Å². The van der Waals surface area contributed by atoms with Crippen molar-refractivity contribution in [3.05, 3.63) is 12.3 Å². The van der Waals surface area contributed by atoms with Crippen molar-refractivity contribution in [3.63, 3.8) is 0 Å². The number of rotatable bonds is 3. The maximum Gasteiger partial charge on any atom is 0.259 e. The van der Waals surface area contributed by atoms with Crippen LogP contribution in [0.1, 0.15) is 12.8 Å². The molecule has 2 rings (SSSR count). The zero-order chi connectivity index (χ0) is 12.5. The zero-order valence-corrected chi connectivity index (χ0v) is 9.98. The van der Waals surface area contributed by atoms with E-state index in [-0.39, 0.29) is 11.6 Å². The van der Waals surface area contributed by atoms with Crippen molar-refractivity contribution < 1.29 is 13.2 Å². The third-order valence-electron chi connectivity index (χ3n) is 2.88. The second-order valence-corrected chi connectivity index (χ2v) is 5.93. The van der Waals surface area contributed by atoms with Gasteiger partial charge in [0, 0.05) is 13.1 Å². The molecule has 0 radical (unpaired) electrons. The molecule has 2 heterocycles. The molecule has 0 aromatic carbocycles. The summed E-state index contributed by atoms with van der Waals surface area (Å²) in [6.45, 7) is 0.557. The molecule has 3 N–H and O–H groups in total. The number of carbonyl (C=O) groups excluding carboxylic acids is 1. The lowest BCUT2D eigenvalue weighted by Gasteiger charge is -2.29. The van der Waals surface area contributed by atoms with Crippen LogP contribution in [0.15, 0.2) is 17.3 Å². The maximum absolute atomic E-state index is 12.1. The molecule has 1 amide bonds. The summed E-state index contributed by atoms with van der Waals surface area (Å²) in [5.74, 6) is -0.851. The number of sulfonamides is 1. The number of nitrogens with one attached hydrogen (secondary N) is 1. The van der Waals surface area contributed by atoms with Crippen molar-refractivity contribution in [3.8, 4) is 0 Å². The molecule has 1 aromatic heterocycles. The van der Waals surface area contributed by atoms with Crippen molar-refractivity contribution in [2.45, 2.75) is 17.9 Å². The van der Waals surface area contributed by atoms with E-state index in [9.17, 15) is 13.2 Å². The molecule has 1 fully saturated rings. The van der Waals surface area contributed by atoms with Gasteiger partial charge in [-0.25, -0.2) is 8.42 Å². The minimum absolute atomic E-state index is 0.0441. The Hall–Kier alpha value is -1.41. The highest BCUT2D eigenvalue weighted by atomic mass is 32.2. The van der Waals surface area contributed by atoms with Gasteiger partial charge in [-0.3, -0.25) is 9.89 Å². The summed E-state index contributed by atoms with van der Waals surface area (Å²) in [6.07, 6.45) is 2.66. The van der Waals surface area contributed by atoms with Gasteiger partial charge in [0.2, 0.25) is 5.91 Å². The molecule has 7 nitrogen and oxygen atoms in total. The Bertz CT molecular complexity index is 496. The highest BCUT2D eigenvalue weighted by Crippen LogP contribution is 2.22. The van der Waals surface area contributed by atoms with Gasteiger partial charge in [0.05, 0.1) is 12.1 Å². The minimum atomic E-state index is -3.58. The van der Waals surface area contributed by atoms with Crippen molar-refractivity contribution >= 4 is 15.9 Å². The van der Waals surface area contributed by atoms with Gasteiger partial charge in [-0.1, -0.05) is 0 Å². The third kappa shape index (κ3) is 2.32. The van der Waals surface area contributed by atoms with E-state index >= 15 is 0 Å². The molecular formula is C9H14N4O3S.